The maximum atomic E-state index is 6.04. The van der Waals surface area contributed by atoms with Crippen molar-refractivity contribution in [3.8, 4) is 0 Å². The molecule has 1 aliphatic rings. The van der Waals surface area contributed by atoms with Crippen molar-refractivity contribution in [2.45, 2.75) is 18.2 Å². The Bertz CT molecular complexity index is 314. The Labute approximate surface area is 87.7 Å². The lowest BCUT2D eigenvalue weighted by Crippen LogP contribution is -2.11. The zero-order valence-electron chi connectivity index (χ0n) is 7.29. The molecule has 0 radical (unpaired) electrons. The average molecular weight is 214 g/mol. The third-order valence-corrected chi connectivity index (χ3v) is 3.61. The van der Waals surface area contributed by atoms with Crippen LogP contribution in [0.1, 0.15) is 23.6 Å². The van der Waals surface area contributed by atoms with Crippen molar-refractivity contribution >= 4 is 23.4 Å². The SMILES string of the molecule is N[C@@H]1CCSCc2ccc(Cl)cc21. The first-order valence-corrected chi connectivity index (χ1v) is 5.92. The Morgan fingerprint density at radius 2 is 2.31 bits per heavy atom. The zero-order chi connectivity index (χ0) is 9.26. The van der Waals surface area contributed by atoms with Gasteiger partial charge in [-0.05, 0) is 35.4 Å². The highest BCUT2D eigenvalue weighted by atomic mass is 35.5. The van der Waals surface area contributed by atoms with Crippen LogP contribution in [0.3, 0.4) is 0 Å². The molecular formula is C10H12ClNS. The van der Waals surface area contributed by atoms with Gasteiger partial charge in [0.15, 0.2) is 0 Å². The predicted molar refractivity (Wildman–Crippen MR) is 59.2 cm³/mol. The molecular weight excluding hydrogens is 202 g/mol. The van der Waals surface area contributed by atoms with Crippen molar-refractivity contribution in [2.75, 3.05) is 5.75 Å². The number of fused-ring (bicyclic) bond motifs is 1. The molecule has 1 atom stereocenters. The summed E-state index contributed by atoms with van der Waals surface area (Å²) >= 11 is 7.88. The minimum Gasteiger partial charge on any atom is -0.324 e. The van der Waals surface area contributed by atoms with Gasteiger partial charge in [0.2, 0.25) is 0 Å². The Balaban J connectivity index is 2.43. The normalized spacial score (nSPS) is 22.2. The molecule has 0 unspecified atom stereocenters. The Morgan fingerprint density at radius 1 is 1.46 bits per heavy atom. The van der Waals surface area contributed by atoms with E-state index in [1.807, 2.05) is 23.9 Å². The lowest BCUT2D eigenvalue weighted by molar-refractivity contribution is 0.705. The zero-order valence-corrected chi connectivity index (χ0v) is 8.87. The molecule has 1 aromatic carbocycles. The van der Waals surface area contributed by atoms with Crippen LogP contribution in [0.4, 0.5) is 0 Å². The number of rotatable bonds is 0. The number of hydrogen-bond donors (Lipinski definition) is 1. The van der Waals surface area contributed by atoms with Gasteiger partial charge in [0.1, 0.15) is 0 Å². The third kappa shape index (κ3) is 2.01. The summed E-state index contributed by atoms with van der Waals surface area (Å²) in [6.45, 7) is 0. The van der Waals surface area contributed by atoms with E-state index >= 15 is 0 Å². The summed E-state index contributed by atoms with van der Waals surface area (Å²) in [4.78, 5) is 0. The first-order chi connectivity index (χ1) is 6.27. The van der Waals surface area contributed by atoms with Crippen LogP contribution >= 0.6 is 23.4 Å². The Hall–Kier alpha value is -0.180. The van der Waals surface area contributed by atoms with Crippen molar-refractivity contribution in [1.29, 1.82) is 0 Å². The molecule has 1 aliphatic heterocycles. The maximum absolute atomic E-state index is 6.04. The van der Waals surface area contributed by atoms with Crippen LogP contribution in [0, 0.1) is 0 Å². The summed E-state index contributed by atoms with van der Waals surface area (Å²) in [6.07, 6.45) is 1.05. The monoisotopic (exact) mass is 213 g/mol. The standard InChI is InChI=1S/C10H12ClNS/c11-8-2-1-7-6-13-4-3-10(12)9(7)5-8/h1-2,5,10H,3-4,6,12H2/t10-/m1/s1. The number of nitrogens with two attached hydrogens (primary N) is 1. The number of benzene rings is 1. The fourth-order valence-electron chi connectivity index (χ4n) is 1.59. The van der Waals surface area contributed by atoms with Crippen molar-refractivity contribution in [3.63, 3.8) is 0 Å². The van der Waals surface area contributed by atoms with Crippen LogP contribution in [0.25, 0.3) is 0 Å². The molecule has 1 nitrogen and oxygen atoms in total. The van der Waals surface area contributed by atoms with E-state index in [-0.39, 0.29) is 6.04 Å². The van der Waals surface area contributed by atoms with Gasteiger partial charge in [-0.15, -0.1) is 0 Å². The molecule has 0 amide bonds. The van der Waals surface area contributed by atoms with Gasteiger partial charge in [-0.2, -0.15) is 11.8 Å². The molecule has 0 fully saturated rings. The van der Waals surface area contributed by atoms with Gasteiger partial charge in [-0.3, -0.25) is 0 Å². The summed E-state index contributed by atoms with van der Waals surface area (Å²) < 4.78 is 0. The van der Waals surface area contributed by atoms with Gasteiger partial charge < -0.3 is 5.73 Å². The van der Waals surface area contributed by atoms with Crippen LogP contribution in [-0.2, 0) is 5.75 Å². The smallest absolute Gasteiger partial charge is 0.0409 e. The van der Waals surface area contributed by atoms with Crippen LogP contribution in [0.15, 0.2) is 18.2 Å². The van der Waals surface area contributed by atoms with E-state index in [2.05, 4.69) is 6.07 Å². The van der Waals surface area contributed by atoms with Gasteiger partial charge in [0.25, 0.3) is 0 Å². The van der Waals surface area contributed by atoms with Crippen molar-refractivity contribution in [2.24, 2.45) is 5.73 Å². The van der Waals surface area contributed by atoms with Crippen LogP contribution in [-0.4, -0.2) is 5.75 Å². The van der Waals surface area contributed by atoms with E-state index < -0.39 is 0 Å². The third-order valence-electron chi connectivity index (χ3n) is 2.34. The highest BCUT2D eigenvalue weighted by molar-refractivity contribution is 7.98. The number of halogens is 1. The van der Waals surface area contributed by atoms with E-state index in [1.54, 1.807) is 0 Å². The second kappa shape index (κ2) is 3.91. The fraction of sp³-hybridized carbons (Fsp3) is 0.400. The van der Waals surface area contributed by atoms with Crippen molar-refractivity contribution in [1.82, 2.24) is 0 Å². The van der Waals surface area contributed by atoms with E-state index in [9.17, 15) is 0 Å². The van der Waals surface area contributed by atoms with E-state index in [4.69, 9.17) is 17.3 Å². The molecule has 0 aliphatic carbocycles. The highest BCUT2D eigenvalue weighted by Gasteiger charge is 2.15. The highest BCUT2D eigenvalue weighted by Crippen LogP contribution is 2.30. The maximum Gasteiger partial charge on any atom is 0.0409 e. The molecule has 2 N–H and O–H groups in total. The first-order valence-electron chi connectivity index (χ1n) is 4.39. The molecule has 0 saturated carbocycles. The molecule has 2 rings (SSSR count). The van der Waals surface area contributed by atoms with Crippen LogP contribution < -0.4 is 5.73 Å². The molecule has 0 aromatic heterocycles. The number of hydrogen-bond acceptors (Lipinski definition) is 2. The average Bonchev–Trinajstić information content (AvgIpc) is 2.29. The van der Waals surface area contributed by atoms with Gasteiger partial charge in [0, 0.05) is 16.8 Å². The van der Waals surface area contributed by atoms with E-state index in [1.165, 1.54) is 11.1 Å². The largest absolute Gasteiger partial charge is 0.324 e. The summed E-state index contributed by atoms with van der Waals surface area (Å²) in [6, 6.07) is 6.21. The van der Waals surface area contributed by atoms with Gasteiger partial charge in [0.05, 0.1) is 0 Å². The summed E-state index contributed by atoms with van der Waals surface area (Å²) in [5.41, 5.74) is 8.62. The van der Waals surface area contributed by atoms with Gasteiger partial charge >= 0.3 is 0 Å². The Morgan fingerprint density at radius 3 is 3.15 bits per heavy atom. The lowest BCUT2D eigenvalue weighted by atomic mass is 10.0. The number of thioether (sulfide) groups is 1. The summed E-state index contributed by atoms with van der Waals surface area (Å²) in [5, 5.41) is 0.793. The molecule has 3 heteroatoms. The van der Waals surface area contributed by atoms with E-state index in [0.29, 0.717) is 0 Å². The van der Waals surface area contributed by atoms with Crippen molar-refractivity contribution < 1.29 is 0 Å². The second-order valence-corrected chi connectivity index (χ2v) is 4.83. The molecule has 70 valence electrons. The summed E-state index contributed by atoms with van der Waals surface area (Å²) in [5.74, 6) is 2.22. The minimum atomic E-state index is 0.170. The van der Waals surface area contributed by atoms with Crippen molar-refractivity contribution in [3.05, 3.63) is 34.3 Å². The molecule has 13 heavy (non-hydrogen) atoms. The second-order valence-electron chi connectivity index (χ2n) is 3.29. The van der Waals surface area contributed by atoms with Gasteiger partial charge in [-0.1, -0.05) is 17.7 Å². The lowest BCUT2D eigenvalue weighted by Gasteiger charge is -2.11. The van der Waals surface area contributed by atoms with Crippen LogP contribution in [0.5, 0.6) is 0 Å². The molecule has 0 saturated heterocycles. The molecule has 1 aromatic rings. The quantitative estimate of drug-likeness (QED) is 0.717. The molecule has 1 heterocycles. The predicted octanol–water partition coefficient (Wildman–Crippen LogP) is 2.98. The summed E-state index contributed by atoms with van der Waals surface area (Å²) in [7, 11) is 0. The molecule has 0 bridgehead atoms. The Kier molecular flexibility index (Phi) is 2.82. The van der Waals surface area contributed by atoms with Gasteiger partial charge in [-0.25, -0.2) is 0 Å². The van der Waals surface area contributed by atoms with E-state index in [0.717, 1.165) is 22.9 Å². The minimum absolute atomic E-state index is 0.170. The van der Waals surface area contributed by atoms with Crippen LogP contribution in [0.2, 0.25) is 5.02 Å². The first kappa shape index (κ1) is 9.38. The topological polar surface area (TPSA) is 26.0 Å². The fourth-order valence-corrected chi connectivity index (χ4v) is 2.82. The molecule has 0 spiro atoms.